The summed E-state index contributed by atoms with van der Waals surface area (Å²) in [6.45, 7) is 4.73. The van der Waals surface area contributed by atoms with Gasteiger partial charge in [-0.1, -0.05) is 281 Å². The molecule has 138 heavy (non-hydrogen) atoms. The van der Waals surface area contributed by atoms with Crippen LogP contribution in [0, 0.1) is 0 Å². The number of nitrogens with zero attached hydrogens (tertiary/aromatic N) is 4. The second-order valence-corrected chi connectivity index (χ2v) is 41.1. The van der Waals surface area contributed by atoms with E-state index in [1.165, 1.54) is 284 Å². The first-order chi connectivity index (χ1) is 68.1. The number of aromatic amines is 3. The first-order valence-electron chi connectivity index (χ1n) is 47.3. The van der Waals surface area contributed by atoms with Crippen molar-refractivity contribution in [1.29, 1.82) is 0 Å². The summed E-state index contributed by atoms with van der Waals surface area (Å²) in [6, 6.07) is 152. The fourth-order valence-electron chi connectivity index (χ4n) is 23.5. The Kier molecular flexibility index (Phi) is 16.6. The lowest BCUT2D eigenvalue weighted by Crippen LogP contribution is -2.15. The van der Waals surface area contributed by atoms with Gasteiger partial charge in [0.15, 0.2) is 0 Å². The number of benzene rings is 22. The lowest BCUT2D eigenvalue weighted by atomic mass is 9.82. The SMILES string of the molecule is CC1(C)c2ccccc2-c2ccc(-n3c4cc5c(cc4c4ccc6ccccc6c43)sc3ccccc35)cc21.c1ccc2cc3c(cc2c1)[nH]c1cc2sc4ccccc4c2cc13.c1ccc2cc3c(cc2c1)c1cc2[nH]c4c5ccccc5ccc4c2cc1n3-c1ccc2c(c1)sc1ccccc12.c1cncc(-n2c3cc4ccccc4cc3c3cc4[nH]c5ccc6ccccc6c5c4cc32)c1. The monoisotopic (exact) mass is 1810 g/mol. The maximum atomic E-state index is 4.43. The van der Waals surface area contributed by atoms with Crippen molar-refractivity contribution in [3.8, 4) is 28.2 Å². The summed E-state index contributed by atoms with van der Waals surface area (Å²) >= 11 is 5.64. The number of thiophene rings is 3. The van der Waals surface area contributed by atoms with Gasteiger partial charge >= 0.3 is 0 Å². The zero-order chi connectivity index (χ0) is 90.4. The Morgan fingerprint density at radius 3 is 1.30 bits per heavy atom. The van der Waals surface area contributed by atoms with Crippen LogP contribution < -0.4 is 0 Å². The van der Waals surface area contributed by atoms with Gasteiger partial charge in [0, 0.05) is 186 Å². The Hall–Kier alpha value is -17.0. The number of rotatable bonds is 3. The van der Waals surface area contributed by atoms with Crippen molar-refractivity contribution in [3.05, 3.63) is 436 Å². The number of H-pyrrole nitrogens is 3. The number of pyridine rings is 1. The molecule has 1 aliphatic carbocycles. The zero-order valence-electron chi connectivity index (χ0n) is 74.9. The third kappa shape index (κ3) is 11.6. The van der Waals surface area contributed by atoms with Gasteiger partial charge in [-0.15, -0.1) is 34.0 Å². The van der Waals surface area contributed by atoms with E-state index in [2.05, 4.69) is 454 Å². The van der Waals surface area contributed by atoms with Crippen LogP contribution in [0.1, 0.15) is 25.0 Å². The van der Waals surface area contributed by atoms with Crippen molar-refractivity contribution in [1.82, 2.24) is 33.6 Å². The number of nitrogens with one attached hydrogen (secondary N) is 3. The smallest absolute Gasteiger partial charge is 0.0645 e. The van der Waals surface area contributed by atoms with Crippen LogP contribution in [-0.4, -0.2) is 33.6 Å². The molecule has 0 bridgehead atoms. The average molecular weight is 1810 g/mol. The topological polar surface area (TPSA) is 75.0 Å². The van der Waals surface area contributed by atoms with E-state index in [0.29, 0.717) is 0 Å². The van der Waals surface area contributed by atoms with Crippen LogP contribution in [0.3, 0.4) is 0 Å². The molecule has 22 aromatic carbocycles. The average Bonchev–Trinajstić information content (AvgIpc) is 1.57. The van der Waals surface area contributed by atoms with E-state index in [1.54, 1.807) is 0 Å². The highest BCUT2D eigenvalue weighted by atomic mass is 32.1. The fourth-order valence-corrected chi connectivity index (χ4v) is 26.9. The van der Waals surface area contributed by atoms with Crippen LogP contribution in [0.2, 0.25) is 0 Å². The van der Waals surface area contributed by atoms with E-state index in [0.717, 1.165) is 11.2 Å². The maximum absolute atomic E-state index is 4.43. The minimum atomic E-state index is -0.0421. The molecule has 3 N–H and O–H groups in total. The van der Waals surface area contributed by atoms with Crippen molar-refractivity contribution in [3.63, 3.8) is 0 Å². The first kappa shape index (κ1) is 77.4. The molecule has 0 saturated heterocycles. The van der Waals surface area contributed by atoms with Gasteiger partial charge in [0.2, 0.25) is 0 Å². The Morgan fingerprint density at radius 1 is 0.217 bits per heavy atom. The molecule has 10 aromatic heterocycles. The molecule has 7 nitrogen and oxygen atoms in total. The van der Waals surface area contributed by atoms with E-state index in [4.69, 9.17) is 0 Å². The summed E-state index contributed by atoms with van der Waals surface area (Å²) in [6.07, 6.45) is 3.78. The third-order valence-corrected chi connectivity index (χ3v) is 33.4. The van der Waals surface area contributed by atoms with Crippen LogP contribution in [-0.2, 0) is 5.41 Å². The molecule has 0 saturated carbocycles. The molecule has 0 fully saturated rings. The minimum Gasteiger partial charge on any atom is -0.354 e. The fraction of sp³-hybridized carbons (Fsp3) is 0.0234. The second-order valence-electron chi connectivity index (χ2n) is 37.8. The molecule has 0 unspecified atom stereocenters. The van der Waals surface area contributed by atoms with Gasteiger partial charge in [-0.3, -0.25) is 4.98 Å². The van der Waals surface area contributed by atoms with Gasteiger partial charge in [-0.2, -0.15) is 0 Å². The van der Waals surface area contributed by atoms with Crippen molar-refractivity contribution >= 4 is 290 Å². The largest absolute Gasteiger partial charge is 0.354 e. The van der Waals surface area contributed by atoms with Gasteiger partial charge in [0.05, 0.1) is 50.5 Å². The lowest BCUT2D eigenvalue weighted by molar-refractivity contribution is 0.660. The van der Waals surface area contributed by atoms with Crippen LogP contribution >= 0.6 is 34.0 Å². The van der Waals surface area contributed by atoms with E-state index in [9.17, 15) is 0 Å². The highest BCUT2D eigenvalue weighted by Gasteiger charge is 2.36. The normalized spacial score (nSPS) is 12.8. The van der Waals surface area contributed by atoms with E-state index < -0.39 is 0 Å². The molecule has 0 spiro atoms. The van der Waals surface area contributed by atoms with Gasteiger partial charge in [0.25, 0.3) is 0 Å². The number of aromatic nitrogens is 7. The molecule has 10 heterocycles. The standard InChI is InChI=1S/C38H22N2S.C37H25NS.C31H19N3.C22H13NS/c1-2-9-24-18-34-31(17-23(24)8-1)32-20-33-30(29-15-13-22-7-3-4-10-26(22)38(29)39-33)21-35(32)40(34)25-14-16-28-27-11-5-6-12-36(27)41-37(28)19-25;1-37(2)31-13-7-5-11-25(31)26-18-16-23(19-32(26)37)38-33-20-30-27-12-6-8-14-34(27)39-35(30)21-29(33)28-17-15-22-9-3-4-10-24(22)36(28)38;1-2-8-21-15-29-24(14-20(21)7-1)25-16-28-26(17-30(25)34(29)22-9-5-13-32-18-22)31-23-10-4-3-6-19(23)11-12-27(31)33-28;1-2-6-14-10-19-16(9-13(14)5-1)17-11-18-15-7-3-4-8-21(15)24-22(18)12-20(17)23-19/h1-21,39H;3-21H,1-2H3;1-18,33H;1-12,23H. The second kappa shape index (κ2) is 29.5. The van der Waals surface area contributed by atoms with E-state index in [1.807, 2.05) is 52.5 Å². The Morgan fingerprint density at radius 2 is 0.630 bits per heavy atom. The van der Waals surface area contributed by atoms with Gasteiger partial charge in [-0.25, -0.2) is 0 Å². The number of fused-ring (bicyclic) bond motifs is 39. The molecule has 0 amide bonds. The third-order valence-electron chi connectivity index (χ3n) is 30.0. The minimum absolute atomic E-state index is 0.0421. The number of hydrogen-bond donors (Lipinski definition) is 3. The maximum Gasteiger partial charge on any atom is 0.0645 e. The van der Waals surface area contributed by atoms with Gasteiger partial charge in [-0.05, 0) is 222 Å². The molecule has 32 aromatic rings. The number of hydrogen-bond acceptors (Lipinski definition) is 4. The molecule has 1 aliphatic rings. The molecule has 33 rings (SSSR count). The Balaban J connectivity index is 0.0000000883. The lowest BCUT2D eigenvalue weighted by Gasteiger charge is -2.22. The molecular formula is C128H79N7S3. The summed E-state index contributed by atoms with van der Waals surface area (Å²) in [5, 5.41) is 38.6. The van der Waals surface area contributed by atoms with Crippen molar-refractivity contribution < 1.29 is 0 Å². The van der Waals surface area contributed by atoms with Crippen molar-refractivity contribution in [2.45, 2.75) is 19.3 Å². The van der Waals surface area contributed by atoms with E-state index in [-0.39, 0.29) is 5.41 Å². The highest BCUT2D eigenvalue weighted by Crippen LogP contribution is 2.53. The summed E-state index contributed by atoms with van der Waals surface area (Å²) in [5.41, 5.74) is 23.6. The van der Waals surface area contributed by atoms with Gasteiger partial charge < -0.3 is 28.7 Å². The summed E-state index contributed by atoms with van der Waals surface area (Å²) in [7, 11) is 0. The Bertz CT molecular complexity index is 10900. The summed E-state index contributed by atoms with van der Waals surface area (Å²) < 4.78 is 15.4. The predicted octanol–water partition coefficient (Wildman–Crippen LogP) is 36.7. The summed E-state index contributed by atoms with van der Waals surface area (Å²) in [4.78, 5) is 15.5. The van der Waals surface area contributed by atoms with Crippen LogP contribution in [0.4, 0.5) is 0 Å². The molecule has 644 valence electrons. The molecule has 0 radical (unpaired) electrons. The van der Waals surface area contributed by atoms with Crippen LogP contribution in [0.5, 0.6) is 0 Å². The van der Waals surface area contributed by atoms with Crippen molar-refractivity contribution in [2.75, 3.05) is 0 Å². The molecule has 10 heteroatoms. The quantitative estimate of drug-likeness (QED) is 0.162. The van der Waals surface area contributed by atoms with E-state index >= 15 is 0 Å². The van der Waals surface area contributed by atoms with Gasteiger partial charge in [0.1, 0.15) is 0 Å². The molecular weight excluding hydrogens is 1730 g/mol. The first-order valence-corrected chi connectivity index (χ1v) is 49.8. The van der Waals surface area contributed by atoms with Crippen molar-refractivity contribution in [2.24, 2.45) is 0 Å². The Labute approximate surface area is 800 Å². The molecule has 0 atom stereocenters. The molecule has 0 aliphatic heterocycles. The predicted molar refractivity (Wildman–Crippen MR) is 596 cm³/mol. The summed E-state index contributed by atoms with van der Waals surface area (Å²) in [5.74, 6) is 0. The van der Waals surface area contributed by atoms with Crippen LogP contribution in [0.25, 0.3) is 284 Å². The zero-order valence-corrected chi connectivity index (χ0v) is 77.4. The highest BCUT2D eigenvalue weighted by molar-refractivity contribution is 7.26. The van der Waals surface area contributed by atoms with Crippen LogP contribution in [0.15, 0.2) is 425 Å².